The minimum absolute atomic E-state index is 0.0615. The number of nitrogens with one attached hydrogen (secondary N) is 2. The summed E-state index contributed by atoms with van der Waals surface area (Å²) in [5.74, 6) is -0.212. The number of carboxylic acid groups (broad SMARTS) is 1. The van der Waals surface area contributed by atoms with Crippen LogP contribution in [-0.4, -0.2) is 40.2 Å². The lowest BCUT2D eigenvalue weighted by Crippen LogP contribution is -2.26. The standard InChI is InChI=1S/C11H10N4O6S2/c16-9(14-10-13-5-7(23-10)15(19)20)8-6(1-4-22-8)21-3-2-12-11(17)18/h1,4-5,12H,2-3H2,(H,17,18)(H,13,14,16). The van der Waals surface area contributed by atoms with E-state index in [4.69, 9.17) is 9.84 Å². The van der Waals surface area contributed by atoms with Crippen LogP contribution >= 0.6 is 22.7 Å². The topological polar surface area (TPSA) is 144 Å². The molecule has 3 N–H and O–H groups in total. The van der Waals surface area contributed by atoms with E-state index < -0.39 is 16.9 Å². The highest BCUT2D eigenvalue weighted by Crippen LogP contribution is 2.29. The summed E-state index contributed by atoms with van der Waals surface area (Å²) in [5, 5.41) is 25.2. The number of amides is 2. The Morgan fingerprint density at radius 3 is 2.91 bits per heavy atom. The minimum Gasteiger partial charge on any atom is -0.490 e. The molecule has 0 bridgehead atoms. The van der Waals surface area contributed by atoms with Crippen LogP contribution in [0.1, 0.15) is 9.67 Å². The number of thiazole rings is 1. The second kappa shape index (κ2) is 7.51. The van der Waals surface area contributed by atoms with E-state index >= 15 is 0 Å². The van der Waals surface area contributed by atoms with Gasteiger partial charge in [-0.1, -0.05) is 0 Å². The Hall–Kier alpha value is -2.73. The van der Waals surface area contributed by atoms with Crippen LogP contribution in [0.3, 0.4) is 0 Å². The number of ether oxygens (including phenoxy) is 1. The SMILES string of the molecule is O=C(O)NCCOc1ccsc1C(=O)Nc1ncc([N+](=O)[O-])s1. The molecule has 2 heterocycles. The lowest BCUT2D eigenvalue weighted by atomic mass is 10.4. The molecule has 0 spiro atoms. The predicted molar refractivity (Wildman–Crippen MR) is 82.6 cm³/mol. The van der Waals surface area contributed by atoms with E-state index in [1.54, 1.807) is 11.4 Å². The number of hydrogen-bond donors (Lipinski definition) is 3. The van der Waals surface area contributed by atoms with Crippen molar-refractivity contribution < 1.29 is 24.4 Å². The van der Waals surface area contributed by atoms with Gasteiger partial charge in [0, 0.05) is 0 Å². The van der Waals surface area contributed by atoms with Gasteiger partial charge in [-0.15, -0.1) is 11.3 Å². The molecule has 0 saturated carbocycles. The molecule has 2 aromatic rings. The van der Waals surface area contributed by atoms with Crippen molar-refractivity contribution in [3.05, 3.63) is 32.6 Å². The highest BCUT2D eigenvalue weighted by Gasteiger charge is 2.18. The van der Waals surface area contributed by atoms with Crippen molar-refractivity contribution in [1.29, 1.82) is 0 Å². The van der Waals surface area contributed by atoms with Gasteiger partial charge >= 0.3 is 11.1 Å². The maximum Gasteiger partial charge on any atom is 0.404 e. The number of anilines is 1. The van der Waals surface area contributed by atoms with Crippen molar-refractivity contribution in [2.45, 2.75) is 0 Å². The molecule has 0 aromatic carbocycles. The van der Waals surface area contributed by atoms with Gasteiger partial charge in [0.1, 0.15) is 23.4 Å². The molecule has 122 valence electrons. The highest BCUT2D eigenvalue weighted by molar-refractivity contribution is 7.19. The fourth-order valence-electron chi connectivity index (χ4n) is 1.46. The Morgan fingerprint density at radius 2 is 2.26 bits per heavy atom. The summed E-state index contributed by atoms with van der Waals surface area (Å²) in [4.78, 5) is 36.4. The molecular formula is C11H10N4O6S2. The zero-order valence-electron chi connectivity index (χ0n) is 11.3. The van der Waals surface area contributed by atoms with E-state index in [2.05, 4.69) is 15.6 Å². The number of hydrogen-bond acceptors (Lipinski definition) is 8. The maximum absolute atomic E-state index is 12.1. The minimum atomic E-state index is -1.16. The number of thiophene rings is 1. The number of carbonyl (C=O) groups excluding carboxylic acids is 1. The zero-order valence-corrected chi connectivity index (χ0v) is 13.0. The highest BCUT2D eigenvalue weighted by atomic mass is 32.1. The molecular weight excluding hydrogens is 348 g/mol. The second-order valence-electron chi connectivity index (χ2n) is 3.91. The van der Waals surface area contributed by atoms with Crippen molar-refractivity contribution >= 4 is 44.8 Å². The van der Waals surface area contributed by atoms with Crippen LogP contribution < -0.4 is 15.4 Å². The molecule has 2 amide bonds. The molecule has 2 aromatic heterocycles. The molecule has 0 radical (unpaired) electrons. The molecule has 0 atom stereocenters. The van der Waals surface area contributed by atoms with Crippen LogP contribution in [0.25, 0.3) is 0 Å². The summed E-state index contributed by atoms with van der Waals surface area (Å²) in [6.07, 6.45) is -0.105. The molecule has 0 aliphatic heterocycles. The van der Waals surface area contributed by atoms with Gasteiger partial charge in [-0.05, 0) is 22.8 Å². The van der Waals surface area contributed by atoms with E-state index in [9.17, 15) is 19.7 Å². The molecule has 2 rings (SSSR count). The first-order valence-corrected chi connectivity index (χ1v) is 7.75. The number of carbonyl (C=O) groups is 2. The molecule has 0 aliphatic rings. The Kier molecular flexibility index (Phi) is 5.43. The van der Waals surface area contributed by atoms with Crippen LogP contribution in [0.5, 0.6) is 5.75 Å². The average molecular weight is 358 g/mol. The fourth-order valence-corrected chi connectivity index (χ4v) is 2.81. The third kappa shape index (κ3) is 4.62. The average Bonchev–Trinajstić information content (AvgIpc) is 3.12. The third-order valence-electron chi connectivity index (χ3n) is 2.37. The van der Waals surface area contributed by atoms with Gasteiger partial charge < -0.3 is 15.2 Å². The summed E-state index contributed by atoms with van der Waals surface area (Å²) in [6, 6.07) is 1.57. The number of aromatic nitrogens is 1. The van der Waals surface area contributed by atoms with E-state index in [-0.39, 0.29) is 28.2 Å². The van der Waals surface area contributed by atoms with Crippen LogP contribution in [-0.2, 0) is 0 Å². The van der Waals surface area contributed by atoms with Crippen molar-refractivity contribution in [2.75, 3.05) is 18.5 Å². The normalized spacial score (nSPS) is 10.1. The summed E-state index contributed by atoms with van der Waals surface area (Å²) in [5.41, 5.74) is 0. The molecule has 23 heavy (non-hydrogen) atoms. The molecule has 0 saturated heterocycles. The first kappa shape index (κ1) is 16.6. The van der Waals surface area contributed by atoms with Crippen molar-refractivity contribution in [2.24, 2.45) is 0 Å². The monoisotopic (exact) mass is 358 g/mol. The van der Waals surface area contributed by atoms with E-state index in [1.165, 1.54) is 0 Å². The lowest BCUT2D eigenvalue weighted by molar-refractivity contribution is -0.380. The van der Waals surface area contributed by atoms with Gasteiger partial charge in [0.25, 0.3) is 5.91 Å². The maximum atomic E-state index is 12.1. The van der Waals surface area contributed by atoms with Gasteiger partial charge in [-0.2, -0.15) is 0 Å². The van der Waals surface area contributed by atoms with Gasteiger partial charge in [-0.3, -0.25) is 20.2 Å². The smallest absolute Gasteiger partial charge is 0.404 e. The first-order chi connectivity index (χ1) is 11.0. The quantitative estimate of drug-likeness (QED) is 0.390. The second-order valence-corrected chi connectivity index (χ2v) is 5.83. The first-order valence-electron chi connectivity index (χ1n) is 6.06. The summed E-state index contributed by atoms with van der Waals surface area (Å²) in [7, 11) is 0. The van der Waals surface area contributed by atoms with E-state index in [1.807, 2.05) is 0 Å². The van der Waals surface area contributed by atoms with Crippen LogP contribution in [0.2, 0.25) is 0 Å². The van der Waals surface area contributed by atoms with Crippen molar-refractivity contribution in [1.82, 2.24) is 10.3 Å². The van der Waals surface area contributed by atoms with Gasteiger partial charge in [-0.25, -0.2) is 9.78 Å². The van der Waals surface area contributed by atoms with Crippen molar-refractivity contribution in [3.63, 3.8) is 0 Å². The Bertz CT molecular complexity index is 728. The van der Waals surface area contributed by atoms with Gasteiger partial charge in [0.15, 0.2) is 5.13 Å². The van der Waals surface area contributed by atoms with Crippen LogP contribution in [0.4, 0.5) is 14.9 Å². The summed E-state index contributed by atoms with van der Waals surface area (Å²) >= 11 is 1.87. The lowest BCUT2D eigenvalue weighted by Gasteiger charge is -2.06. The fraction of sp³-hybridized carbons (Fsp3) is 0.182. The Labute approximate surface area is 136 Å². The van der Waals surface area contributed by atoms with Crippen LogP contribution in [0, 0.1) is 10.1 Å². The van der Waals surface area contributed by atoms with Gasteiger partial charge in [0.05, 0.1) is 11.5 Å². The number of rotatable bonds is 7. The molecule has 10 nitrogen and oxygen atoms in total. The Morgan fingerprint density at radius 1 is 1.48 bits per heavy atom. The number of nitrogens with zero attached hydrogens (tertiary/aromatic N) is 2. The molecule has 0 fully saturated rings. The summed E-state index contributed by atoms with van der Waals surface area (Å²) in [6.45, 7) is 0.136. The Balaban J connectivity index is 1.95. The molecule has 0 unspecified atom stereocenters. The van der Waals surface area contributed by atoms with E-state index in [0.717, 1.165) is 28.9 Å². The zero-order chi connectivity index (χ0) is 16.8. The van der Waals surface area contributed by atoms with Crippen molar-refractivity contribution in [3.8, 4) is 5.75 Å². The predicted octanol–water partition coefficient (Wildman–Crippen LogP) is 2.01. The van der Waals surface area contributed by atoms with Crippen LogP contribution in [0.15, 0.2) is 17.6 Å². The van der Waals surface area contributed by atoms with E-state index in [0.29, 0.717) is 5.75 Å². The van der Waals surface area contributed by atoms with Gasteiger partial charge in [0.2, 0.25) is 0 Å². The largest absolute Gasteiger partial charge is 0.490 e. The molecule has 0 aliphatic carbocycles. The molecule has 12 heteroatoms. The summed E-state index contributed by atoms with van der Waals surface area (Å²) < 4.78 is 5.33. The third-order valence-corrected chi connectivity index (χ3v) is 4.12. The number of nitro groups is 1.